The van der Waals surface area contributed by atoms with Crippen LogP contribution in [-0.4, -0.2) is 23.3 Å². The number of aryl methyl sites for hydroxylation is 1. The molecule has 1 N–H and O–H groups in total. The zero-order chi connectivity index (χ0) is 19.0. The number of benzene rings is 2. The van der Waals surface area contributed by atoms with Crippen LogP contribution in [0.2, 0.25) is 0 Å². The molecule has 0 radical (unpaired) electrons. The molecule has 142 valence electrons. The molecule has 28 heavy (non-hydrogen) atoms. The number of aliphatic hydroxyl groups is 1. The molecule has 4 heteroatoms. The highest BCUT2D eigenvalue weighted by Crippen LogP contribution is 2.40. The molecular formula is C24H23NO3. The van der Waals surface area contributed by atoms with Gasteiger partial charge in [-0.3, -0.25) is 4.98 Å². The first-order chi connectivity index (χ1) is 13.7. The fourth-order valence-electron chi connectivity index (χ4n) is 4.41. The van der Waals surface area contributed by atoms with Gasteiger partial charge >= 0.3 is 0 Å². The van der Waals surface area contributed by atoms with Gasteiger partial charge in [0.1, 0.15) is 13.2 Å². The van der Waals surface area contributed by atoms with Crippen LogP contribution in [0.1, 0.15) is 29.7 Å². The van der Waals surface area contributed by atoms with Crippen molar-refractivity contribution < 1.29 is 14.6 Å². The van der Waals surface area contributed by atoms with E-state index in [2.05, 4.69) is 23.2 Å². The minimum atomic E-state index is -0.883. The second kappa shape index (κ2) is 6.95. The van der Waals surface area contributed by atoms with Crippen LogP contribution in [0.5, 0.6) is 11.5 Å². The summed E-state index contributed by atoms with van der Waals surface area (Å²) in [7, 11) is 0. The molecule has 2 aliphatic rings. The number of hydrogen-bond acceptors (Lipinski definition) is 4. The molecule has 0 saturated carbocycles. The van der Waals surface area contributed by atoms with Crippen LogP contribution in [-0.2, 0) is 18.4 Å². The fraction of sp³-hybridized carbons (Fsp3) is 0.292. The summed E-state index contributed by atoms with van der Waals surface area (Å²) in [6, 6.07) is 18.2. The van der Waals surface area contributed by atoms with E-state index in [0.717, 1.165) is 53.1 Å². The first-order valence-electron chi connectivity index (χ1n) is 9.88. The summed E-state index contributed by atoms with van der Waals surface area (Å²) in [6.07, 6.45) is 5.06. The Morgan fingerprint density at radius 3 is 2.75 bits per heavy atom. The molecule has 1 aliphatic carbocycles. The zero-order valence-corrected chi connectivity index (χ0v) is 15.7. The molecule has 0 saturated heterocycles. The number of rotatable bonds is 3. The summed E-state index contributed by atoms with van der Waals surface area (Å²) in [5.41, 5.74) is 4.36. The van der Waals surface area contributed by atoms with E-state index in [4.69, 9.17) is 9.47 Å². The van der Waals surface area contributed by atoms with Crippen molar-refractivity contribution in [3.63, 3.8) is 0 Å². The first kappa shape index (κ1) is 17.3. The van der Waals surface area contributed by atoms with Gasteiger partial charge in [0, 0.05) is 18.2 Å². The molecule has 0 bridgehead atoms. The average molecular weight is 373 g/mol. The molecule has 4 nitrogen and oxygen atoms in total. The normalized spacial score (nSPS) is 20.5. The largest absolute Gasteiger partial charge is 0.486 e. The Balaban J connectivity index is 1.53. The van der Waals surface area contributed by atoms with Crippen molar-refractivity contribution in [2.45, 2.75) is 31.3 Å². The third kappa shape index (κ3) is 3.04. The van der Waals surface area contributed by atoms with Crippen molar-refractivity contribution in [1.82, 2.24) is 4.98 Å². The lowest BCUT2D eigenvalue weighted by Gasteiger charge is -2.35. The standard InChI is InChI=1S/C24H23NO3/c26-24(11-3-6-17-5-1-2-8-20(17)24)16-21-19(7-4-12-25-21)18-9-10-22-23(15-18)28-14-13-27-22/h1-2,4-5,7-10,12,15,26H,3,6,11,13-14,16H2. The summed E-state index contributed by atoms with van der Waals surface area (Å²) in [6.45, 7) is 1.14. The van der Waals surface area contributed by atoms with E-state index in [1.165, 1.54) is 5.56 Å². The number of nitrogens with zero attached hydrogens (tertiary/aromatic N) is 1. The van der Waals surface area contributed by atoms with Gasteiger partial charge in [0.25, 0.3) is 0 Å². The molecule has 2 heterocycles. The minimum Gasteiger partial charge on any atom is -0.486 e. The van der Waals surface area contributed by atoms with Crippen LogP contribution < -0.4 is 9.47 Å². The molecular weight excluding hydrogens is 350 g/mol. The van der Waals surface area contributed by atoms with Crippen LogP contribution in [0.15, 0.2) is 60.8 Å². The van der Waals surface area contributed by atoms with Gasteiger partial charge < -0.3 is 14.6 Å². The van der Waals surface area contributed by atoms with E-state index >= 15 is 0 Å². The molecule has 1 unspecified atom stereocenters. The molecule has 2 aromatic carbocycles. The van der Waals surface area contributed by atoms with E-state index in [9.17, 15) is 5.11 Å². The summed E-state index contributed by atoms with van der Waals surface area (Å²) in [5, 5.41) is 11.6. The highest BCUT2D eigenvalue weighted by Gasteiger charge is 2.35. The van der Waals surface area contributed by atoms with Crippen LogP contribution >= 0.6 is 0 Å². The van der Waals surface area contributed by atoms with Crippen LogP contribution in [0, 0.1) is 0 Å². The number of aromatic nitrogens is 1. The van der Waals surface area contributed by atoms with Crippen molar-refractivity contribution in [1.29, 1.82) is 0 Å². The summed E-state index contributed by atoms with van der Waals surface area (Å²) in [4.78, 5) is 4.65. The second-order valence-electron chi connectivity index (χ2n) is 7.58. The van der Waals surface area contributed by atoms with E-state index in [0.29, 0.717) is 19.6 Å². The molecule has 0 spiro atoms. The summed E-state index contributed by atoms with van der Waals surface area (Å²) in [5.74, 6) is 1.54. The second-order valence-corrected chi connectivity index (χ2v) is 7.58. The van der Waals surface area contributed by atoms with Gasteiger partial charge in [0.15, 0.2) is 11.5 Å². The molecule has 1 atom stereocenters. The Labute approximate surface area is 164 Å². The lowest BCUT2D eigenvalue weighted by Crippen LogP contribution is -2.33. The molecule has 0 fully saturated rings. The van der Waals surface area contributed by atoms with E-state index in [-0.39, 0.29) is 0 Å². The smallest absolute Gasteiger partial charge is 0.161 e. The van der Waals surface area contributed by atoms with Crippen molar-refractivity contribution in [3.05, 3.63) is 77.6 Å². The zero-order valence-electron chi connectivity index (χ0n) is 15.7. The predicted octanol–water partition coefficient (Wildman–Crippen LogP) is 4.29. The van der Waals surface area contributed by atoms with Crippen LogP contribution in [0.3, 0.4) is 0 Å². The topological polar surface area (TPSA) is 51.6 Å². The Morgan fingerprint density at radius 1 is 0.964 bits per heavy atom. The Kier molecular flexibility index (Phi) is 4.29. The van der Waals surface area contributed by atoms with Crippen molar-refractivity contribution in [2.75, 3.05) is 13.2 Å². The SMILES string of the molecule is OC1(Cc2ncccc2-c2ccc3c(c2)OCCO3)CCCc2ccccc21. The van der Waals surface area contributed by atoms with E-state index in [1.807, 2.05) is 36.4 Å². The van der Waals surface area contributed by atoms with E-state index in [1.54, 1.807) is 6.20 Å². The van der Waals surface area contributed by atoms with Gasteiger partial charge in [-0.1, -0.05) is 36.4 Å². The maximum atomic E-state index is 11.6. The number of pyridine rings is 1. The van der Waals surface area contributed by atoms with Gasteiger partial charge in [0.2, 0.25) is 0 Å². The first-order valence-corrected chi connectivity index (χ1v) is 9.88. The molecule has 0 amide bonds. The Morgan fingerprint density at radius 2 is 1.82 bits per heavy atom. The highest BCUT2D eigenvalue weighted by molar-refractivity contribution is 5.69. The lowest BCUT2D eigenvalue weighted by atomic mass is 9.76. The Bertz CT molecular complexity index is 1020. The fourth-order valence-corrected chi connectivity index (χ4v) is 4.41. The van der Waals surface area contributed by atoms with Gasteiger partial charge in [-0.2, -0.15) is 0 Å². The predicted molar refractivity (Wildman–Crippen MR) is 108 cm³/mol. The quantitative estimate of drug-likeness (QED) is 0.744. The lowest BCUT2D eigenvalue weighted by molar-refractivity contribution is 0.0182. The average Bonchev–Trinajstić information content (AvgIpc) is 2.74. The van der Waals surface area contributed by atoms with E-state index < -0.39 is 5.60 Å². The van der Waals surface area contributed by atoms with Gasteiger partial charge in [-0.25, -0.2) is 0 Å². The third-order valence-electron chi connectivity index (χ3n) is 5.76. The number of ether oxygens (including phenoxy) is 2. The number of hydrogen-bond donors (Lipinski definition) is 1. The Hall–Kier alpha value is -2.85. The maximum absolute atomic E-state index is 11.6. The summed E-state index contributed by atoms with van der Waals surface area (Å²) >= 11 is 0. The highest BCUT2D eigenvalue weighted by atomic mass is 16.6. The molecule has 1 aromatic heterocycles. The van der Waals surface area contributed by atoms with Gasteiger partial charge in [0.05, 0.1) is 11.3 Å². The monoisotopic (exact) mass is 373 g/mol. The van der Waals surface area contributed by atoms with Crippen LogP contribution in [0.4, 0.5) is 0 Å². The molecule has 3 aromatic rings. The molecule has 5 rings (SSSR count). The van der Waals surface area contributed by atoms with Crippen molar-refractivity contribution in [2.24, 2.45) is 0 Å². The third-order valence-corrected chi connectivity index (χ3v) is 5.76. The van der Waals surface area contributed by atoms with Gasteiger partial charge in [-0.15, -0.1) is 0 Å². The maximum Gasteiger partial charge on any atom is 0.161 e. The molecule has 1 aliphatic heterocycles. The van der Waals surface area contributed by atoms with Crippen molar-refractivity contribution in [3.8, 4) is 22.6 Å². The van der Waals surface area contributed by atoms with Crippen LogP contribution in [0.25, 0.3) is 11.1 Å². The van der Waals surface area contributed by atoms with Gasteiger partial charge in [-0.05, 0) is 54.2 Å². The van der Waals surface area contributed by atoms with Crippen molar-refractivity contribution >= 4 is 0 Å². The minimum absolute atomic E-state index is 0.495. The number of fused-ring (bicyclic) bond motifs is 2. The summed E-state index contributed by atoms with van der Waals surface area (Å²) < 4.78 is 11.4.